The Hall–Kier alpha value is -2.69. The Kier molecular flexibility index (Phi) is 5.98. The normalized spacial score (nSPS) is 23.8. The molecule has 2 fully saturated rings. The van der Waals surface area contributed by atoms with Crippen LogP contribution in [0.25, 0.3) is 16.7 Å². The summed E-state index contributed by atoms with van der Waals surface area (Å²) in [7, 11) is -3.17. The first kappa shape index (κ1) is 22.1. The number of hydrogen-bond acceptors (Lipinski definition) is 7. The van der Waals surface area contributed by atoms with Gasteiger partial charge in [0.25, 0.3) is 0 Å². The summed E-state index contributed by atoms with van der Waals surface area (Å²) in [6, 6.07) is 10.4. The van der Waals surface area contributed by atoms with Crippen molar-refractivity contribution in [3.8, 4) is 5.82 Å². The Labute approximate surface area is 193 Å². The number of benzene rings is 1. The number of aliphatic hydroxyl groups is 1. The second-order valence-corrected chi connectivity index (χ2v) is 10.9. The van der Waals surface area contributed by atoms with Gasteiger partial charge in [0, 0.05) is 48.6 Å². The molecule has 0 radical (unpaired) electrons. The minimum Gasteiger partial charge on any atom is -0.391 e. The lowest BCUT2D eigenvalue weighted by Crippen LogP contribution is -2.39. The lowest BCUT2D eigenvalue weighted by atomic mass is 9.92. The Balaban J connectivity index is 1.32. The predicted octanol–water partition coefficient (Wildman–Crippen LogP) is 2.26. The second kappa shape index (κ2) is 8.92. The van der Waals surface area contributed by atoms with Crippen LogP contribution in [0.3, 0.4) is 0 Å². The van der Waals surface area contributed by atoms with Crippen molar-refractivity contribution in [1.29, 1.82) is 0 Å². The smallest absolute Gasteiger partial charge is 0.224 e. The van der Waals surface area contributed by atoms with Crippen LogP contribution in [0.4, 0.5) is 11.6 Å². The number of aromatic nitrogens is 3. The van der Waals surface area contributed by atoms with Crippen LogP contribution in [0, 0.1) is 0 Å². The highest BCUT2D eigenvalue weighted by Crippen LogP contribution is 2.31. The molecule has 1 saturated carbocycles. The number of nitrogens with one attached hydrogen (secondary N) is 2. The Bertz CT molecular complexity index is 1240. The maximum absolute atomic E-state index is 11.5. The topological polar surface area (TPSA) is 112 Å². The number of aliphatic hydroxyl groups excluding tert-OH is 1. The molecular formula is C23H30N6O3S. The largest absolute Gasteiger partial charge is 0.391 e. The van der Waals surface area contributed by atoms with Crippen LogP contribution in [0.5, 0.6) is 0 Å². The molecule has 3 aromatic rings. The van der Waals surface area contributed by atoms with Gasteiger partial charge >= 0.3 is 0 Å². The van der Waals surface area contributed by atoms with E-state index in [9.17, 15) is 13.5 Å². The molecule has 33 heavy (non-hydrogen) atoms. The molecule has 1 saturated heterocycles. The number of anilines is 2. The van der Waals surface area contributed by atoms with Crippen molar-refractivity contribution < 1.29 is 13.5 Å². The number of hydrogen-bond donors (Lipinski definition) is 3. The van der Waals surface area contributed by atoms with Gasteiger partial charge in [0.15, 0.2) is 0 Å². The third-order valence-corrected chi connectivity index (χ3v) is 7.30. The van der Waals surface area contributed by atoms with E-state index in [2.05, 4.69) is 42.7 Å². The van der Waals surface area contributed by atoms with Crippen LogP contribution in [-0.2, 0) is 10.0 Å². The molecule has 1 atom stereocenters. The highest BCUT2D eigenvalue weighted by molar-refractivity contribution is 7.88. The van der Waals surface area contributed by atoms with Crippen LogP contribution >= 0.6 is 0 Å². The fraction of sp³-hybridized carbons (Fsp3) is 0.478. The van der Waals surface area contributed by atoms with Gasteiger partial charge in [-0.2, -0.15) is 4.98 Å². The average molecular weight is 471 g/mol. The first-order chi connectivity index (χ1) is 15.9. The van der Waals surface area contributed by atoms with Crippen LogP contribution in [-0.4, -0.2) is 65.6 Å². The lowest BCUT2D eigenvalue weighted by molar-refractivity contribution is 0.198. The molecule has 0 amide bonds. The summed E-state index contributed by atoms with van der Waals surface area (Å²) in [6.07, 6.45) is 8.82. The van der Waals surface area contributed by atoms with Crippen molar-refractivity contribution in [2.75, 3.05) is 29.6 Å². The van der Waals surface area contributed by atoms with Gasteiger partial charge in [-0.05, 0) is 56.4 Å². The lowest BCUT2D eigenvalue weighted by Gasteiger charge is -2.29. The molecule has 176 valence electrons. The summed E-state index contributed by atoms with van der Waals surface area (Å²) < 4.78 is 27.7. The second-order valence-electron chi connectivity index (χ2n) is 9.11. The zero-order valence-corrected chi connectivity index (χ0v) is 19.5. The fourth-order valence-electron chi connectivity index (χ4n) is 4.98. The van der Waals surface area contributed by atoms with Crippen LogP contribution in [0.2, 0.25) is 0 Å². The molecule has 1 aliphatic carbocycles. The van der Waals surface area contributed by atoms with Crippen molar-refractivity contribution in [3.63, 3.8) is 0 Å². The molecule has 2 aromatic heterocycles. The highest BCUT2D eigenvalue weighted by Gasteiger charge is 2.24. The minimum atomic E-state index is -3.17. The van der Waals surface area contributed by atoms with E-state index in [4.69, 9.17) is 4.98 Å². The van der Waals surface area contributed by atoms with Gasteiger partial charge in [0.2, 0.25) is 16.0 Å². The Morgan fingerprint density at radius 1 is 1.06 bits per heavy atom. The molecule has 5 rings (SSSR count). The number of fused-ring (bicyclic) bond motifs is 1. The quantitative estimate of drug-likeness (QED) is 0.507. The Morgan fingerprint density at radius 2 is 1.85 bits per heavy atom. The van der Waals surface area contributed by atoms with Crippen molar-refractivity contribution in [1.82, 2.24) is 19.3 Å². The fourth-order valence-corrected chi connectivity index (χ4v) is 5.82. The molecule has 0 spiro atoms. The van der Waals surface area contributed by atoms with E-state index in [-0.39, 0.29) is 18.2 Å². The third kappa shape index (κ3) is 4.97. The molecule has 0 bridgehead atoms. The maximum atomic E-state index is 11.5. The minimum absolute atomic E-state index is 0.00227. The van der Waals surface area contributed by atoms with E-state index in [1.807, 2.05) is 18.3 Å². The zero-order chi connectivity index (χ0) is 23.0. The van der Waals surface area contributed by atoms with Gasteiger partial charge in [-0.1, -0.05) is 6.07 Å². The van der Waals surface area contributed by atoms with Crippen LogP contribution in [0.15, 0.2) is 42.7 Å². The van der Waals surface area contributed by atoms with E-state index in [1.165, 1.54) is 6.26 Å². The number of β-amino-alcohol motifs (C(OH)–C–C–N with tert-alkyl or cyclic N) is 1. The van der Waals surface area contributed by atoms with Gasteiger partial charge in [-0.3, -0.25) is 0 Å². The summed E-state index contributed by atoms with van der Waals surface area (Å²) in [5, 5.41) is 14.5. The van der Waals surface area contributed by atoms with Crippen molar-refractivity contribution in [3.05, 3.63) is 42.7 Å². The van der Waals surface area contributed by atoms with Crippen molar-refractivity contribution in [2.24, 2.45) is 0 Å². The van der Waals surface area contributed by atoms with Crippen LogP contribution in [0.1, 0.15) is 32.1 Å². The first-order valence-corrected chi connectivity index (χ1v) is 13.4. The van der Waals surface area contributed by atoms with Crippen molar-refractivity contribution >= 4 is 32.6 Å². The third-order valence-electron chi connectivity index (χ3n) is 6.54. The number of nitrogens with zero attached hydrogens (tertiary/aromatic N) is 4. The number of rotatable bonds is 6. The summed E-state index contributed by atoms with van der Waals surface area (Å²) in [5.41, 5.74) is 2.19. The number of sulfonamides is 1. The predicted molar refractivity (Wildman–Crippen MR) is 129 cm³/mol. The summed E-state index contributed by atoms with van der Waals surface area (Å²) in [5.74, 6) is 1.36. The Morgan fingerprint density at radius 3 is 2.58 bits per heavy atom. The summed E-state index contributed by atoms with van der Waals surface area (Å²) in [6.45, 7) is 1.52. The molecule has 3 N–H and O–H groups in total. The van der Waals surface area contributed by atoms with Gasteiger partial charge in [0.05, 0.1) is 17.9 Å². The van der Waals surface area contributed by atoms with E-state index in [0.29, 0.717) is 12.5 Å². The maximum Gasteiger partial charge on any atom is 0.224 e. The van der Waals surface area contributed by atoms with E-state index in [0.717, 1.165) is 61.1 Å². The zero-order valence-electron chi connectivity index (χ0n) is 18.7. The van der Waals surface area contributed by atoms with Gasteiger partial charge in [-0.15, -0.1) is 0 Å². The highest BCUT2D eigenvalue weighted by atomic mass is 32.2. The van der Waals surface area contributed by atoms with Gasteiger partial charge < -0.3 is 19.9 Å². The summed E-state index contributed by atoms with van der Waals surface area (Å²) >= 11 is 0. The van der Waals surface area contributed by atoms with Gasteiger partial charge in [0.1, 0.15) is 5.82 Å². The molecule has 2 aliphatic rings. The first-order valence-electron chi connectivity index (χ1n) is 11.5. The molecule has 9 nitrogen and oxygen atoms in total. The van der Waals surface area contributed by atoms with E-state index in [1.54, 1.807) is 6.20 Å². The van der Waals surface area contributed by atoms with Crippen molar-refractivity contribution in [2.45, 2.75) is 50.3 Å². The van der Waals surface area contributed by atoms with E-state index >= 15 is 0 Å². The molecule has 3 heterocycles. The molecule has 1 aromatic carbocycles. The molecule has 1 unspecified atom stereocenters. The summed E-state index contributed by atoms with van der Waals surface area (Å²) in [4.78, 5) is 11.4. The molecule has 1 aliphatic heterocycles. The SMILES string of the molecule is CS(=O)(=O)N[C@H]1CC[C@H](Nc2nccc(-n3ccc4c(N5CCC(O)C5)cccc43)n2)CC1. The molecule has 10 heteroatoms. The van der Waals surface area contributed by atoms with Crippen LogP contribution < -0.4 is 14.9 Å². The monoisotopic (exact) mass is 470 g/mol. The van der Waals surface area contributed by atoms with Gasteiger partial charge in [-0.25, -0.2) is 18.1 Å². The standard InChI is InChI=1S/C23H30N6O3S/c1-33(31,32)27-17-7-5-16(6-8-17)25-23-24-12-9-22(26-23)29-14-11-19-20(3-2-4-21(19)29)28-13-10-18(30)15-28/h2-4,9,11-12,14,16-18,27,30H,5-8,10,13,15H2,1H3,(H,24,25,26)/t16-,17-,18?. The molecular weight excluding hydrogens is 440 g/mol. The average Bonchev–Trinajstić information content (AvgIpc) is 3.40. The van der Waals surface area contributed by atoms with E-state index < -0.39 is 10.0 Å².